The Labute approximate surface area is 154 Å². The number of phenols is 3. The number of carbonyl (C=O) groups excluding carboxylic acids is 1. The summed E-state index contributed by atoms with van der Waals surface area (Å²) in [6, 6.07) is 14.4. The Hall–Kier alpha value is -3.74. The maximum absolute atomic E-state index is 12.9. The number of rotatable bonds is 5. The third-order valence-electron chi connectivity index (χ3n) is 3.73. The van der Waals surface area contributed by atoms with Gasteiger partial charge in [0, 0.05) is 18.7 Å². The SMILES string of the molecule is O=C(NCc1ccc(Oc2ccc(F)cc2)cc1)c1c(O)cc(O)cc1O. The van der Waals surface area contributed by atoms with Crippen molar-refractivity contribution < 1.29 is 29.2 Å². The summed E-state index contributed by atoms with van der Waals surface area (Å²) in [6.45, 7) is 0.148. The van der Waals surface area contributed by atoms with E-state index in [9.17, 15) is 24.5 Å². The fraction of sp³-hybridized carbons (Fsp3) is 0.0500. The molecule has 0 heterocycles. The molecule has 3 rings (SSSR count). The minimum absolute atomic E-state index is 0.148. The summed E-state index contributed by atoms with van der Waals surface area (Å²) in [5.41, 5.74) is 0.441. The van der Waals surface area contributed by atoms with Crippen molar-refractivity contribution in [3.63, 3.8) is 0 Å². The van der Waals surface area contributed by atoms with Gasteiger partial charge in [-0.05, 0) is 42.0 Å². The monoisotopic (exact) mass is 369 g/mol. The average molecular weight is 369 g/mol. The molecule has 6 nitrogen and oxygen atoms in total. The second-order valence-corrected chi connectivity index (χ2v) is 5.74. The second-order valence-electron chi connectivity index (χ2n) is 5.74. The highest BCUT2D eigenvalue weighted by Crippen LogP contribution is 2.31. The smallest absolute Gasteiger partial charge is 0.259 e. The number of carbonyl (C=O) groups is 1. The lowest BCUT2D eigenvalue weighted by Gasteiger charge is -2.10. The molecule has 7 heteroatoms. The summed E-state index contributed by atoms with van der Waals surface area (Å²) in [6.07, 6.45) is 0. The lowest BCUT2D eigenvalue weighted by Crippen LogP contribution is -2.23. The summed E-state index contributed by atoms with van der Waals surface area (Å²) in [5.74, 6) is -1.38. The van der Waals surface area contributed by atoms with E-state index in [1.165, 1.54) is 24.3 Å². The molecule has 0 saturated heterocycles. The number of amides is 1. The molecule has 3 aromatic carbocycles. The normalized spacial score (nSPS) is 10.4. The fourth-order valence-corrected chi connectivity index (χ4v) is 2.41. The van der Waals surface area contributed by atoms with Gasteiger partial charge in [-0.1, -0.05) is 12.1 Å². The van der Waals surface area contributed by atoms with E-state index in [1.807, 2.05) is 0 Å². The largest absolute Gasteiger partial charge is 0.508 e. The van der Waals surface area contributed by atoms with E-state index in [-0.39, 0.29) is 23.7 Å². The molecular formula is C20H16FNO5. The first-order valence-corrected chi connectivity index (χ1v) is 7.98. The van der Waals surface area contributed by atoms with Gasteiger partial charge < -0.3 is 25.4 Å². The van der Waals surface area contributed by atoms with Crippen LogP contribution in [0.25, 0.3) is 0 Å². The molecule has 0 unspecified atom stereocenters. The minimum Gasteiger partial charge on any atom is -0.508 e. The number of hydrogen-bond donors (Lipinski definition) is 4. The Kier molecular flexibility index (Phi) is 5.12. The predicted octanol–water partition coefficient (Wildman–Crippen LogP) is 3.66. The zero-order chi connectivity index (χ0) is 19.4. The molecular weight excluding hydrogens is 353 g/mol. The van der Waals surface area contributed by atoms with E-state index in [0.717, 1.165) is 17.7 Å². The van der Waals surface area contributed by atoms with Crippen molar-refractivity contribution in [2.24, 2.45) is 0 Å². The van der Waals surface area contributed by atoms with Crippen molar-refractivity contribution in [2.45, 2.75) is 6.54 Å². The zero-order valence-electron chi connectivity index (χ0n) is 14.0. The topological polar surface area (TPSA) is 99.0 Å². The Balaban J connectivity index is 1.62. The molecule has 0 aromatic heterocycles. The van der Waals surface area contributed by atoms with Crippen molar-refractivity contribution in [1.29, 1.82) is 0 Å². The van der Waals surface area contributed by atoms with Crippen LogP contribution in [0.4, 0.5) is 4.39 Å². The van der Waals surface area contributed by atoms with Crippen molar-refractivity contribution in [3.05, 3.63) is 77.6 Å². The number of ether oxygens (including phenoxy) is 1. The van der Waals surface area contributed by atoms with Gasteiger partial charge in [0.15, 0.2) is 0 Å². The lowest BCUT2D eigenvalue weighted by molar-refractivity contribution is 0.0945. The third kappa shape index (κ3) is 4.46. The van der Waals surface area contributed by atoms with Gasteiger partial charge in [-0.2, -0.15) is 0 Å². The highest BCUT2D eigenvalue weighted by molar-refractivity contribution is 5.99. The molecule has 0 aliphatic carbocycles. The van der Waals surface area contributed by atoms with Crippen molar-refractivity contribution in [1.82, 2.24) is 5.32 Å². The molecule has 0 aliphatic heterocycles. The van der Waals surface area contributed by atoms with Crippen LogP contribution in [0.5, 0.6) is 28.7 Å². The third-order valence-corrected chi connectivity index (χ3v) is 3.73. The number of benzene rings is 3. The second kappa shape index (κ2) is 7.65. The van der Waals surface area contributed by atoms with Gasteiger partial charge in [-0.25, -0.2) is 4.39 Å². The summed E-state index contributed by atoms with van der Waals surface area (Å²) in [7, 11) is 0. The number of phenolic OH excluding ortho intramolecular Hbond substituents is 3. The number of aromatic hydroxyl groups is 3. The molecule has 27 heavy (non-hydrogen) atoms. The van der Waals surface area contributed by atoms with Crippen molar-refractivity contribution >= 4 is 5.91 Å². The van der Waals surface area contributed by atoms with Gasteiger partial charge in [0.2, 0.25) is 0 Å². The van der Waals surface area contributed by atoms with Gasteiger partial charge >= 0.3 is 0 Å². The maximum Gasteiger partial charge on any atom is 0.259 e. The molecule has 0 saturated carbocycles. The molecule has 1 amide bonds. The van der Waals surface area contributed by atoms with Crippen LogP contribution in [0.1, 0.15) is 15.9 Å². The predicted molar refractivity (Wildman–Crippen MR) is 95.5 cm³/mol. The van der Waals surface area contributed by atoms with Crippen LogP contribution in [0.2, 0.25) is 0 Å². The first-order valence-electron chi connectivity index (χ1n) is 7.98. The van der Waals surface area contributed by atoms with E-state index in [0.29, 0.717) is 11.5 Å². The summed E-state index contributed by atoms with van der Waals surface area (Å²) in [5, 5.41) is 31.3. The fourth-order valence-electron chi connectivity index (χ4n) is 2.41. The summed E-state index contributed by atoms with van der Waals surface area (Å²) in [4.78, 5) is 12.1. The molecule has 0 spiro atoms. The molecule has 0 aliphatic rings. The van der Waals surface area contributed by atoms with E-state index < -0.39 is 17.4 Å². The standard InChI is InChI=1S/C20H16FNO5/c21-13-3-7-16(8-4-13)27-15-5-1-12(2-6-15)11-22-20(26)19-17(24)9-14(23)10-18(19)25/h1-10,23-25H,11H2,(H,22,26). The van der Waals surface area contributed by atoms with Crippen LogP contribution in [0.3, 0.4) is 0 Å². The molecule has 0 radical (unpaired) electrons. The molecule has 0 bridgehead atoms. The molecule has 3 aromatic rings. The number of nitrogens with one attached hydrogen (secondary N) is 1. The van der Waals surface area contributed by atoms with Crippen LogP contribution >= 0.6 is 0 Å². The van der Waals surface area contributed by atoms with E-state index in [1.54, 1.807) is 24.3 Å². The maximum atomic E-state index is 12.9. The Morgan fingerprint density at radius 1 is 0.889 bits per heavy atom. The van der Waals surface area contributed by atoms with Crippen LogP contribution in [0.15, 0.2) is 60.7 Å². The molecule has 0 fully saturated rings. The van der Waals surface area contributed by atoms with Gasteiger partial charge in [0.25, 0.3) is 5.91 Å². The van der Waals surface area contributed by atoms with E-state index >= 15 is 0 Å². The number of hydrogen-bond acceptors (Lipinski definition) is 5. The first-order chi connectivity index (χ1) is 12.9. The van der Waals surface area contributed by atoms with Gasteiger partial charge in [-0.15, -0.1) is 0 Å². The average Bonchev–Trinajstić information content (AvgIpc) is 2.62. The first kappa shape index (κ1) is 18.1. The van der Waals surface area contributed by atoms with Gasteiger partial charge in [-0.3, -0.25) is 4.79 Å². The van der Waals surface area contributed by atoms with Crippen LogP contribution in [-0.4, -0.2) is 21.2 Å². The van der Waals surface area contributed by atoms with E-state index in [4.69, 9.17) is 4.74 Å². The Morgan fingerprint density at radius 2 is 1.41 bits per heavy atom. The quantitative estimate of drug-likeness (QED) is 0.550. The van der Waals surface area contributed by atoms with Crippen LogP contribution in [0, 0.1) is 5.82 Å². The molecule has 138 valence electrons. The summed E-state index contributed by atoms with van der Waals surface area (Å²) >= 11 is 0. The number of halogens is 1. The zero-order valence-corrected chi connectivity index (χ0v) is 14.0. The minimum atomic E-state index is -0.684. The van der Waals surface area contributed by atoms with Gasteiger partial charge in [0.1, 0.15) is 40.1 Å². The highest BCUT2D eigenvalue weighted by Gasteiger charge is 2.17. The Morgan fingerprint density at radius 3 is 1.96 bits per heavy atom. The highest BCUT2D eigenvalue weighted by atomic mass is 19.1. The van der Waals surface area contributed by atoms with Crippen LogP contribution in [-0.2, 0) is 6.54 Å². The van der Waals surface area contributed by atoms with Crippen molar-refractivity contribution in [3.8, 4) is 28.7 Å². The molecule has 0 atom stereocenters. The van der Waals surface area contributed by atoms with Gasteiger partial charge in [0.05, 0.1) is 0 Å². The summed E-state index contributed by atoms with van der Waals surface area (Å²) < 4.78 is 18.5. The van der Waals surface area contributed by atoms with Crippen LogP contribution < -0.4 is 10.1 Å². The lowest BCUT2D eigenvalue weighted by atomic mass is 10.1. The Bertz CT molecular complexity index is 932. The van der Waals surface area contributed by atoms with Crippen molar-refractivity contribution in [2.75, 3.05) is 0 Å². The van der Waals surface area contributed by atoms with E-state index in [2.05, 4.69) is 5.32 Å². The molecule has 4 N–H and O–H groups in total.